The second-order valence-corrected chi connectivity index (χ2v) is 7.24. The Morgan fingerprint density at radius 3 is 2.61 bits per heavy atom. The van der Waals surface area contributed by atoms with E-state index in [1.165, 1.54) is 5.56 Å². The highest BCUT2D eigenvalue weighted by Gasteiger charge is 2.17. The third-order valence-corrected chi connectivity index (χ3v) is 5.08. The van der Waals surface area contributed by atoms with Gasteiger partial charge in [0.15, 0.2) is 11.5 Å². The van der Waals surface area contributed by atoms with Gasteiger partial charge in [-0.25, -0.2) is 0 Å². The van der Waals surface area contributed by atoms with Crippen molar-refractivity contribution < 1.29 is 14.3 Å². The fourth-order valence-corrected chi connectivity index (χ4v) is 3.55. The smallest absolute Gasteiger partial charge is 0.224 e. The molecule has 2 aromatic rings. The van der Waals surface area contributed by atoms with Gasteiger partial charge in [0.1, 0.15) is 13.2 Å². The summed E-state index contributed by atoms with van der Waals surface area (Å²) < 4.78 is 11.1. The van der Waals surface area contributed by atoms with E-state index >= 15 is 0 Å². The predicted molar refractivity (Wildman–Crippen MR) is 111 cm³/mol. The summed E-state index contributed by atoms with van der Waals surface area (Å²) in [5.74, 6) is 1.11. The Labute approximate surface area is 171 Å². The van der Waals surface area contributed by atoms with E-state index < -0.39 is 0 Å². The summed E-state index contributed by atoms with van der Waals surface area (Å²) in [5.41, 5.74) is 3.16. The number of hydrogen-bond donors (Lipinski definition) is 1. The Bertz CT molecular complexity index is 821. The van der Waals surface area contributed by atoms with Gasteiger partial charge >= 0.3 is 0 Å². The molecule has 0 bridgehead atoms. The Morgan fingerprint density at radius 1 is 1.07 bits per heavy atom. The monoisotopic (exact) mass is 402 g/mol. The van der Waals surface area contributed by atoms with Crippen LogP contribution >= 0.6 is 11.6 Å². The fourth-order valence-electron chi connectivity index (χ4n) is 3.26. The number of ether oxygens (including phenoxy) is 2. The standard InChI is InChI=1S/C22H27ClN2O3/c1-3-25(4-2)15-17-7-5-6-16(10-17)14-24-21(26)13-18-11-19(23)22-20(12-18)27-8-9-28-22/h5-7,10-12H,3-4,8-9,13-15H2,1-2H3,(H,24,26). The molecule has 150 valence electrons. The van der Waals surface area contributed by atoms with E-state index in [9.17, 15) is 4.79 Å². The molecule has 0 aliphatic carbocycles. The van der Waals surface area contributed by atoms with Crippen molar-refractivity contribution in [2.24, 2.45) is 0 Å². The van der Waals surface area contributed by atoms with E-state index in [-0.39, 0.29) is 12.3 Å². The summed E-state index contributed by atoms with van der Waals surface area (Å²) >= 11 is 6.25. The fraction of sp³-hybridized carbons (Fsp3) is 0.409. The zero-order valence-electron chi connectivity index (χ0n) is 16.5. The van der Waals surface area contributed by atoms with Crippen molar-refractivity contribution in [3.05, 3.63) is 58.1 Å². The molecule has 0 saturated carbocycles. The van der Waals surface area contributed by atoms with Crippen molar-refractivity contribution >= 4 is 17.5 Å². The maximum atomic E-state index is 12.4. The minimum Gasteiger partial charge on any atom is -0.486 e. The molecule has 0 saturated heterocycles. The third-order valence-electron chi connectivity index (χ3n) is 4.80. The van der Waals surface area contributed by atoms with Gasteiger partial charge in [0.05, 0.1) is 11.4 Å². The van der Waals surface area contributed by atoms with Gasteiger partial charge in [-0.3, -0.25) is 9.69 Å². The van der Waals surface area contributed by atoms with E-state index in [1.54, 1.807) is 6.07 Å². The maximum Gasteiger partial charge on any atom is 0.224 e. The SMILES string of the molecule is CCN(CC)Cc1cccc(CNC(=O)Cc2cc(Cl)c3c(c2)OCCO3)c1. The highest BCUT2D eigenvalue weighted by Crippen LogP contribution is 2.38. The normalized spacial score (nSPS) is 12.9. The second-order valence-electron chi connectivity index (χ2n) is 6.84. The van der Waals surface area contributed by atoms with Gasteiger partial charge in [0.2, 0.25) is 5.91 Å². The van der Waals surface area contributed by atoms with Gasteiger partial charge in [-0.2, -0.15) is 0 Å². The molecular weight excluding hydrogens is 376 g/mol. The molecular formula is C22H27ClN2O3. The number of halogens is 1. The number of carbonyl (C=O) groups excluding carboxylic acids is 1. The average Bonchev–Trinajstić information content (AvgIpc) is 2.71. The van der Waals surface area contributed by atoms with Crippen LogP contribution in [0.25, 0.3) is 0 Å². The summed E-state index contributed by atoms with van der Waals surface area (Å²) in [7, 11) is 0. The lowest BCUT2D eigenvalue weighted by Gasteiger charge is -2.20. The number of nitrogens with zero attached hydrogens (tertiary/aromatic N) is 1. The lowest BCUT2D eigenvalue weighted by Crippen LogP contribution is -2.25. The lowest BCUT2D eigenvalue weighted by molar-refractivity contribution is -0.120. The molecule has 0 radical (unpaired) electrons. The largest absolute Gasteiger partial charge is 0.486 e. The van der Waals surface area contributed by atoms with E-state index in [1.807, 2.05) is 18.2 Å². The summed E-state index contributed by atoms with van der Waals surface area (Å²) in [6, 6.07) is 11.9. The number of carbonyl (C=O) groups is 1. The number of amides is 1. The van der Waals surface area contributed by atoms with E-state index in [0.29, 0.717) is 36.3 Å². The van der Waals surface area contributed by atoms with Crippen LogP contribution in [0.1, 0.15) is 30.5 Å². The Balaban J connectivity index is 1.57. The zero-order valence-corrected chi connectivity index (χ0v) is 17.2. The number of hydrogen-bond acceptors (Lipinski definition) is 4. The average molecular weight is 403 g/mol. The van der Waals surface area contributed by atoms with Gasteiger partial charge in [-0.15, -0.1) is 0 Å². The first-order valence-corrected chi connectivity index (χ1v) is 10.1. The van der Waals surface area contributed by atoms with Gasteiger partial charge in [0.25, 0.3) is 0 Å². The lowest BCUT2D eigenvalue weighted by atomic mass is 10.1. The summed E-state index contributed by atoms with van der Waals surface area (Å²) in [5, 5.41) is 3.46. The first kappa shape index (κ1) is 20.5. The molecule has 1 N–H and O–H groups in total. The van der Waals surface area contributed by atoms with Crippen molar-refractivity contribution in [3.63, 3.8) is 0 Å². The van der Waals surface area contributed by atoms with Crippen LogP contribution in [0.5, 0.6) is 11.5 Å². The van der Waals surface area contributed by atoms with Crippen LogP contribution in [-0.2, 0) is 24.3 Å². The van der Waals surface area contributed by atoms with Gasteiger partial charge in [-0.05, 0) is 41.9 Å². The maximum absolute atomic E-state index is 12.4. The van der Waals surface area contributed by atoms with Gasteiger partial charge < -0.3 is 14.8 Å². The van der Waals surface area contributed by atoms with Crippen LogP contribution in [0, 0.1) is 0 Å². The van der Waals surface area contributed by atoms with E-state index in [0.717, 1.165) is 30.8 Å². The van der Waals surface area contributed by atoms with Crippen LogP contribution in [0.3, 0.4) is 0 Å². The Morgan fingerprint density at radius 2 is 1.82 bits per heavy atom. The molecule has 6 heteroatoms. The van der Waals surface area contributed by atoms with Crippen molar-refractivity contribution in [2.45, 2.75) is 33.4 Å². The Kier molecular flexibility index (Phi) is 7.18. The summed E-state index contributed by atoms with van der Waals surface area (Å²) in [6.45, 7) is 8.77. The molecule has 0 fully saturated rings. The van der Waals surface area contributed by atoms with Crippen LogP contribution < -0.4 is 14.8 Å². The first-order chi connectivity index (χ1) is 13.6. The molecule has 28 heavy (non-hydrogen) atoms. The molecule has 2 aromatic carbocycles. The van der Waals surface area contributed by atoms with Crippen LogP contribution in [0.15, 0.2) is 36.4 Å². The topological polar surface area (TPSA) is 50.8 Å². The number of rotatable bonds is 8. The predicted octanol–water partition coefficient (Wildman–Crippen LogP) is 3.81. The molecule has 0 unspecified atom stereocenters. The molecule has 1 aliphatic heterocycles. The molecule has 0 atom stereocenters. The van der Waals surface area contributed by atoms with E-state index in [2.05, 4.69) is 36.2 Å². The zero-order chi connectivity index (χ0) is 19.9. The highest BCUT2D eigenvalue weighted by atomic mass is 35.5. The van der Waals surface area contributed by atoms with Crippen molar-refractivity contribution in [1.82, 2.24) is 10.2 Å². The molecule has 1 heterocycles. The molecule has 1 aliphatic rings. The summed E-state index contributed by atoms with van der Waals surface area (Å²) in [4.78, 5) is 14.8. The second kappa shape index (κ2) is 9.80. The van der Waals surface area contributed by atoms with Gasteiger partial charge in [-0.1, -0.05) is 49.7 Å². The number of benzene rings is 2. The van der Waals surface area contributed by atoms with Crippen LogP contribution in [0.4, 0.5) is 0 Å². The van der Waals surface area contributed by atoms with Crippen molar-refractivity contribution in [2.75, 3.05) is 26.3 Å². The highest BCUT2D eigenvalue weighted by molar-refractivity contribution is 6.32. The molecule has 0 spiro atoms. The molecule has 3 rings (SSSR count). The molecule has 5 nitrogen and oxygen atoms in total. The quantitative estimate of drug-likeness (QED) is 0.729. The van der Waals surface area contributed by atoms with Crippen molar-refractivity contribution in [1.29, 1.82) is 0 Å². The number of fused-ring (bicyclic) bond motifs is 1. The minimum absolute atomic E-state index is 0.0538. The third kappa shape index (κ3) is 5.40. The van der Waals surface area contributed by atoms with E-state index in [4.69, 9.17) is 21.1 Å². The molecule has 0 aromatic heterocycles. The van der Waals surface area contributed by atoms with Crippen molar-refractivity contribution in [3.8, 4) is 11.5 Å². The van der Waals surface area contributed by atoms with Gasteiger partial charge in [0, 0.05) is 13.1 Å². The number of nitrogens with one attached hydrogen (secondary N) is 1. The first-order valence-electron chi connectivity index (χ1n) is 9.74. The van der Waals surface area contributed by atoms with Crippen LogP contribution in [-0.4, -0.2) is 37.1 Å². The Hall–Kier alpha value is -2.24. The molecule has 1 amide bonds. The minimum atomic E-state index is -0.0538. The summed E-state index contributed by atoms with van der Waals surface area (Å²) in [6.07, 6.45) is 0.246. The van der Waals surface area contributed by atoms with Crippen LogP contribution in [0.2, 0.25) is 5.02 Å².